The minimum absolute atomic E-state index is 0.0366. The lowest BCUT2D eigenvalue weighted by atomic mass is 9.62. The predicted octanol–water partition coefficient (Wildman–Crippen LogP) is 1.79. The Hall–Kier alpha value is -0.450. The molecule has 120 valence electrons. The zero-order valence-corrected chi connectivity index (χ0v) is 13.9. The van der Waals surface area contributed by atoms with E-state index in [0.29, 0.717) is 12.4 Å². The highest BCUT2D eigenvalue weighted by atomic mass is 16.5. The number of rotatable bonds is 4. The number of likely N-dealkylation sites (N-methyl/N-ethyl adjacent to an activating group) is 1. The van der Waals surface area contributed by atoms with Gasteiger partial charge in [-0.3, -0.25) is 9.69 Å². The first-order valence-electron chi connectivity index (χ1n) is 8.54. The van der Waals surface area contributed by atoms with E-state index in [1.54, 1.807) is 0 Å². The lowest BCUT2D eigenvalue weighted by molar-refractivity contribution is -0.197. The van der Waals surface area contributed by atoms with Crippen molar-refractivity contribution >= 4 is 5.78 Å². The normalized spacial score (nSPS) is 38.1. The number of hydrogen-bond acceptors (Lipinski definition) is 4. The highest BCUT2D eigenvalue weighted by molar-refractivity contribution is 5.87. The van der Waals surface area contributed by atoms with Crippen LogP contribution in [0.3, 0.4) is 0 Å². The van der Waals surface area contributed by atoms with Gasteiger partial charge in [-0.25, -0.2) is 0 Å². The monoisotopic (exact) mass is 294 g/mol. The summed E-state index contributed by atoms with van der Waals surface area (Å²) in [6.45, 7) is 10.4. The topological polar surface area (TPSA) is 32.8 Å². The molecule has 0 unspecified atom stereocenters. The van der Waals surface area contributed by atoms with Gasteiger partial charge >= 0.3 is 0 Å². The van der Waals surface area contributed by atoms with Crippen LogP contribution in [0.25, 0.3) is 0 Å². The Kier molecular flexibility index (Phi) is 4.15. The maximum Gasteiger partial charge on any atom is 0.143 e. The van der Waals surface area contributed by atoms with Crippen LogP contribution in [-0.4, -0.2) is 67.6 Å². The van der Waals surface area contributed by atoms with Crippen molar-refractivity contribution < 1.29 is 9.53 Å². The molecular weight excluding hydrogens is 264 g/mol. The average molecular weight is 294 g/mol. The van der Waals surface area contributed by atoms with Crippen LogP contribution < -0.4 is 0 Å². The van der Waals surface area contributed by atoms with Crippen molar-refractivity contribution in [3.8, 4) is 0 Å². The van der Waals surface area contributed by atoms with Crippen molar-refractivity contribution in [1.29, 1.82) is 0 Å². The molecule has 0 aromatic heterocycles. The summed E-state index contributed by atoms with van der Waals surface area (Å²) in [7, 11) is 2.19. The second-order valence-electron chi connectivity index (χ2n) is 7.85. The molecule has 0 aromatic carbocycles. The molecule has 4 fully saturated rings. The molecule has 3 saturated heterocycles. The molecule has 0 N–H and O–H groups in total. The van der Waals surface area contributed by atoms with Crippen LogP contribution in [0.4, 0.5) is 0 Å². The van der Waals surface area contributed by atoms with Crippen LogP contribution in [0.2, 0.25) is 0 Å². The van der Waals surface area contributed by atoms with Crippen molar-refractivity contribution in [3.05, 3.63) is 0 Å². The standard InChI is InChI=1S/C17H30N2O2/c1-14(2)15(20)16-4-6-17(7-5-16,21-13-16)12-19-10-8-18(3)9-11-19/h14H,4-13H2,1-3H3. The van der Waals surface area contributed by atoms with E-state index in [4.69, 9.17) is 4.74 Å². The second-order valence-corrected chi connectivity index (χ2v) is 7.85. The second kappa shape index (κ2) is 5.64. The Morgan fingerprint density at radius 3 is 2.19 bits per heavy atom. The van der Waals surface area contributed by atoms with Crippen molar-refractivity contribution in [2.75, 3.05) is 46.4 Å². The average Bonchev–Trinajstić information content (AvgIpc) is 2.50. The zero-order valence-electron chi connectivity index (χ0n) is 13.9. The molecule has 4 nitrogen and oxygen atoms in total. The first kappa shape index (κ1) is 15.4. The molecular formula is C17H30N2O2. The van der Waals surface area contributed by atoms with E-state index in [-0.39, 0.29) is 16.9 Å². The lowest BCUT2D eigenvalue weighted by Gasteiger charge is -2.54. The number of carbonyl (C=O) groups is 1. The highest BCUT2D eigenvalue weighted by Gasteiger charge is 2.53. The summed E-state index contributed by atoms with van der Waals surface area (Å²) in [5, 5.41) is 0. The number of ketones is 1. The van der Waals surface area contributed by atoms with Gasteiger partial charge in [-0.1, -0.05) is 13.8 Å². The molecule has 3 heterocycles. The number of ether oxygens (including phenoxy) is 1. The molecule has 0 spiro atoms. The highest BCUT2D eigenvalue weighted by Crippen LogP contribution is 2.50. The summed E-state index contributed by atoms with van der Waals surface area (Å²) >= 11 is 0. The number of fused-ring (bicyclic) bond motifs is 3. The summed E-state index contributed by atoms with van der Waals surface area (Å²) in [5.74, 6) is 0.562. The molecule has 2 bridgehead atoms. The van der Waals surface area contributed by atoms with Crippen LogP contribution in [-0.2, 0) is 9.53 Å². The van der Waals surface area contributed by atoms with Gasteiger partial charge in [0.15, 0.2) is 0 Å². The van der Waals surface area contributed by atoms with E-state index in [2.05, 4.69) is 16.8 Å². The number of Topliss-reactive ketones (excluding diaryl/α,β-unsaturated/α-hetero) is 1. The Morgan fingerprint density at radius 2 is 1.71 bits per heavy atom. The minimum Gasteiger partial charge on any atom is -0.373 e. The summed E-state index contributed by atoms with van der Waals surface area (Å²) in [5.41, 5.74) is -0.118. The van der Waals surface area contributed by atoms with Crippen molar-refractivity contribution in [2.24, 2.45) is 11.3 Å². The molecule has 21 heavy (non-hydrogen) atoms. The largest absolute Gasteiger partial charge is 0.373 e. The minimum atomic E-state index is -0.155. The van der Waals surface area contributed by atoms with Gasteiger partial charge in [0.25, 0.3) is 0 Å². The van der Waals surface area contributed by atoms with E-state index >= 15 is 0 Å². The van der Waals surface area contributed by atoms with E-state index in [0.717, 1.165) is 58.4 Å². The quantitative estimate of drug-likeness (QED) is 0.791. The van der Waals surface area contributed by atoms with E-state index in [1.807, 2.05) is 13.8 Å². The van der Waals surface area contributed by atoms with Gasteiger partial charge in [0.1, 0.15) is 5.78 Å². The third kappa shape index (κ3) is 2.90. The number of nitrogens with zero attached hydrogens (tertiary/aromatic N) is 2. The Labute approximate surface area is 128 Å². The van der Waals surface area contributed by atoms with Crippen LogP contribution in [0.15, 0.2) is 0 Å². The van der Waals surface area contributed by atoms with Crippen LogP contribution >= 0.6 is 0 Å². The van der Waals surface area contributed by atoms with E-state index < -0.39 is 0 Å². The van der Waals surface area contributed by atoms with Gasteiger partial charge < -0.3 is 9.64 Å². The molecule has 0 atom stereocenters. The van der Waals surface area contributed by atoms with Gasteiger partial charge in [0.2, 0.25) is 0 Å². The zero-order chi connectivity index (χ0) is 15.1. The van der Waals surface area contributed by atoms with Gasteiger partial charge in [0.05, 0.1) is 17.6 Å². The molecule has 3 aliphatic heterocycles. The van der Waals surface area contributed by atoms with Crippen molar-refractivity contribution in [3.63, 3.8) is 0 Å². The van der Waals surface area contributed by atoms with Crippen LogP contribution in [0.1, 0.15) is 39.5 Å². The molecule has 0 amide bonds. The summed E-state index contributed by atoms with van der Waals surface area (Å²) < 4.78 is 6.29. The molecule has 0 radical (unpaired) electrons. The van der Waals surface area contributed by atoms with Gasteiger partial charge in [-0.15, -0.1) is 0 Å². The van der Waals surface area contributed by atoms with Crippen molar-refractivity contribution in [2.45, 2.75) is 45.1 Å². The number of carbonyl (C=O) groups excluding carboxylic acids is 1. The van der Waals surface area contributed by atoms with Crippen molar-refractivity contribution in [1.82, 2.24) is 9.80 Å². The molecule has 1 aliphatic carbocycles. The maximum absolute atomic E-state index is 12.5. The summed E-state index contributed by atoms with van der Waals surface area (Å²) in [4.78, 5) is 17.5. The fraction of sp³-hybridized carbons (Fsp3) is 0.941. The van der Waals surface area contributed by atoms with Gasteiger partial charge in [-0.05, 0) is 32.7 Å². The predicted molar refractivity (Wildman–Crippen MR) is 83.4 cm³/mol. The summed E-state index contributed by atoms with van der Waals surface area (Å²) in [6.07, 6.45) is 4.21. The fourth-order valence-electron chi connectivity index (χ4n) is 4.31. The fourth-order valence-corrected chi connectivity index (χ4v) is 4.31. The smallest absolute Gasteiger partial charge is 0.143 e. The van der Waals surface area contributed by atoms with Crippen LogP contribution in [0.5, 0.6) is 0 Å². The number of hydrogen-bond donors (Lipinski definition) is 0. The lowest BCUT2D eigenvalue weighted by Crippen LogP contribution is -2.60. The maximum atomic E-state index is 12.5. The summed E-state index contributed by atoms with van der Waals surface area (Å²) in [6, 6.07) is 0. The Morgan fingerprint density at radius 1 is 1.10 bits per heavy atom. The third-order valence-corrected chi connectivity index (χ3v) is 5.93. The first-order valence-corrected chi connectivity index (χ1v) is 8.54. The SMILES string of the molecule is CC(C)C(=O)C12CCC(CN3CCN(C)CC3)(CC1)OC2. The van der Waals surface area contributed by atoms with E-state index in [9.17, 15) is 4.79 Å². The molecule has 4 heteroatoms. The first-order chi connectivity index (χ1) is 9.95. The van der Waals surface area contributed by atoms with Crippen LogP contribution in [0, 0.1) is 11.3 Å². The number of piperazine rings is 1. The van der Waals surface area contributed by atoms with Gasteiger partial charge in [-0.2, -0.15) is 0 Å². The Bertz CT molecular complexity index is 375. The molecule has 1 saturated carbocycles. The van der Waals surface area contributed by atoms with Gasteiger partial charge in [0, 0.05) is 38.6 Å². The molecule has 4 rings (SSSR count). The third-order valence-electron chi connectivity index (χ3n) is 5.93. The molecule has 4 aliphatic rings. The molecule has 0 aromatic rings. The van der Waals surface area contributed by atoms with E-state index in [1.165, 1.54) is 0 Å². The Balaban J connectivity index is 1.60.